The van der Waals surface area contributed by atoms with Crippen LogP contribution in [0.15, 0.2) is 29.2 Å². The van der Waals surface area contributed by atoms with Crippen molar-refractivity contribution in [2.75, 3.05) is 0 Å². The highest BCUT2D eigenvalue weighted by Crippen LogP contribution is 2.22. The number of hydrogen-bond donors (Lipinski definition) is 0. The van der Waals surface area contributed by atoms with Crippen molar-refractivity contribution in [2.24, 2.45) is 0 Å². The average molecular weight is 213 g/mol. The van der Waals surface area contributed by atoms with E-state index in [1.807, 2.05) is 16.8 Å². The smallest absolute Gasteiger partial charge is 0.223 e. The van der Waals surface area contributed by atoms with Crippen LogP contribution in [0.25, 0.3) is 0 Å². The summed E-state index contributed by atoms with van der Waals surface area (Å²) in [5, 5.41) is 4.19. The van der Waals surface area contributed by atoms with Crippen LogP contribution in [-0.4, -0.2) is 9.97 Å². The van der Waals surface area contributed by atoms with Gasteiger partial charge in [-0.3, -0.25) is 0 Å². The fourth-order valence-corrected chi connectivity index (χ4v) is 1.49. The van der Waals surface area contributed by atoms with Gasteiger partial charge in [-0.25, -0.2) is 9.97 Å². The van der Waals surface area contributed by atoms with Gasteiger partial charge in [0.2, 0.25) is 5.88 Å². The second-order valence-electron chi connectivity index (χ2n) is 2.24. The minimum Gasteiger partial charge on any atom is -0.438 e. The highest BCUT2D eigenvalue weighted by Gasteiger charge is 1.99. The minimum atomic E-state index is 0.375. The Morgan fingerprint density at radius 3 is 3.00 bits per heavy atom. The van der Waals surface area contributed by atoms with Crippen LogP contribution in [0.3, 0.4) is 0 Å². The third-order valence-corrected chi connectivity index (χ3v) is 2.19. The molecule has 3 nitrogen and oxygen atoms in total. The van der Waals surface area contributed by atoms with Crippen molar-refractivity contribution in [3.05, 3.63) is 34.4 Å². The van der Waals surface area contributed by atoms with Crippen molar-refractivity contribution < 1.29 is 4.74 Å². The zero-order valence-corrected chi connectivity index (χ0v) is 8.05. The molecule has 5 heteroatoms. The summed E-state index contributed by atoms with van der Waals surface area (Å²) in [4.78, 5) is 7.65. The van der Waals surface area contributed by atoms with Gasteiger partial charge in [-0.1, -0.05) is 11.6 Å². The third-order valence-electron chi connectivity index (χ3n) is 1.33. The normalized spacial score (nSPS) is 9.92. The van der Waals surface area contributed by atoms with Crippen LogP contribution in [0.2, 0.25) is 5.15 Å². The Kier molecular flexibility index (Phi) is 2.42. The highest BCUT2D eigenvalue weighted by atomic mass is 35.5. The molecular formula is C8H5ClN2OS. The molecule has 0 radical (unpaired) electrons. The van der Waals surface area contributed by atoms with E-state index >= 15 is 0 Å². The lowest BCUT2D eigenvalue weighted by Crippen LogP contribution is -1.86. The van der Waals surface area contributed by atoms with Crippen molar-refractivity contribution in [2.45, 2.75) is 0 Å². The second-order valence-corrected chi connectivity index (χ2v) is 3.41. The lowest BCUT2D eigenvalue weighted by molar-refractivity contribution is 0.463. The van der Waals surface area contributed by atoms with Gasteiger partial charge in [-0.05, 0) is 11.4 Å². The molecule has 0 fully saturated rings. The number of ether oxygens (including phenoxy) is 1. The van der Waals surface area contributed by atoms with Gasteiger partial charge >= 0.3 is 0 Å². The van der Waals surface area contributed by atoms with Crippen molar-refractivity contribution in [1.82, 2.24) is 9.97 Å². The summed E-state index contributed by atoms with van der Waals surface area (Å²) in [5.74, 6) is 1.22. The molecular weight excluding hydrogens is 208 g/mol. The van der Waals surface area contributed by atoms with Crippen molar-refractivity contribution in [1.29, 1.82) is 0 Å². The number of halogens is 1. The van der Waals surface area contributed by atoms with Crippen LogP contribution >= 0.6 is 22.9 Å². The summed E-state index contributed by atoms with van der Waals surface area (Å²) in [7, 11) is 0. The molecule has 0 aliphatic heterocycles. The van der Waals surface area contributed by atoms with E-state index in [2.05, 4.69) is 9.97 Å². The first-order valence-electron chi connectivity index (χ1n) is 3.52. The maximum Gasteiger partial charge on any atom is 0.223 e. The van der Waals surface area contributed by atoms with E-state index in [9.17, 15) is 0 Å². The molecule has 0 unspecified atom stereocenters. The molecule has 66 valence electrons. The molecule has 0 saturated heterocycles. The summed E-state index contributed by atoms with van der Waals surface area (Å²) in [6.45, 7) is 0. The Hall–Kier alpha value is -1.13. The van der Waals surface area contributed by atoms with Crippen LogP contribution in [0.5, 0.6) is 11.6 Å². The SMILES string of the molecule is Clc1cc(Oc2ccsc2)ncn1. The lowest BCUT2D eigenvalue weighted by Gasteiger charge is -2.00. The molecule has 2 rings (SSSR count). The van der Waals surface area contributed by atoms with Crippen LogP contribution in [0, 0.1) is 0 Å². The molecule has 2 aromatic rings. The van der Waals surface area contributed by atoms with E-state index in [1.165, 1.54) is 6.33 Å². The van der Waals surface area contributed by atoms with Gasteiger partial charge in [0.25, 0.3) is 0 Å². The molecule has 13 heavy (non-hydrogen) atoms. The van der Waals surface area contributed by atoms with Crippen molar-refractivity contribution in [3.63, 3.8) is 0 Å². The molecule has 0 aliphatic carbocycles. The fraction of sp³-hybridized carbons (Fsp3) is 0. The third kappa shape index (κ3) is 2.17. The standard InChI is InChI=1S/C8H5ClN2OS/c9-7-3-8(11-5-10-7)12-6-1-2-13-4-6/h1-5H. The maximum atomic E-state index is 5.66. The molecule has 2 heterocycles. The second kappa shape index (κ2) is 3.72. The first-order chi connectivity index (χ1) is 6.34. The fourth-order valence-electron chi connectivity index (χ4n) is 0.804. The van der Waals surface area contributed by atoms with Gasteiger partial charge in [0, 0.05) is 11.4 Å². The Morgan fingerprint density at radius 2 is 2.31 bits per heavy atom. The van der Waals surface area contributed by atoms with E-state index in [0.717, 1.165) is 5.75 Å². The maximum absolute atomic E-state index is 5.66. The molecule has 0 bridgehead atoms. The summed E-state index contributed by atoms with van der Waals surface area (Å²) in [5.41, 5.74) is 0. The number of rotatable bonds is 2. The van der Waals surface area contributed by atoms with Gasteiger partial charge in [0.05, 0.1) is 0 Å². The quantitative estimate of drug-likeness (QED) is 0.718. The van der Waals surface area contributed by atoms with Gasteiger partial charge in [-0.2, -0.15) is 0 Å². The van der Waals surface area contributed by atoms with Gasteiger partial charge < -0.3 is 4.74 Å². The summed E-state index contributed by atoms with van der Waals surface area (Å²) in [6, 6.07) is 3.43. The van der Waals surface area contributed by atoms with Crippen molar-refractivity contribution in [3.8, 4) is 11.6 Å². The molecule has 2 aromatic heterocycles. The van der Waals surface area contributed by atoms with E-state index in [1.54, 1.807) is 17.4 Å². The van der Waals surface area contributed by atoms with Crippen molar-refractivity contribution >= 4 is 22.9 Å². The first-order valence-corrected chi connectivity index (χ1v) is 4.84. The van der Waals surface area contributed by atoms with Crippen LogP contribution < -0.4 is 4.74 Å². The monoisotopic (exact) mass is 212 g/mol. The first kappa shape index (κ1) is 8.47. The molecule has 0 aliphatic rings. The molecule has 0 saturated carbocycles. The minimum absolute atomic E-state index is 0.375. The van der Waals surface area contributed by atoms with E-state index < -0.39 is 0 Å². The number of nitrogens with zero attached hydrogens (tertiary/aromatic N) is 2. The summed E-state index contributed by atoms with van der Waals surface area (Å²) < 4.78 is 5.37. The predicted octanol–water partition coefficient (Wildman–Crippen LogP) is 2.98. The van der Waals surface area contributed by atoms with Gasteiger partial charge in [-0.15, -0.1) is 11.3 Å². The molecule has 0 aromatic carbocycles. The number of hydrogen-bond acceptors (Lipinski definition) is 4. The molecule has 0 spiro atoms. The Morgan fingerprint density at radius 1 is 1.38 bits per heavy atom. The topological polar surface area (TPSA) is 35.0 Å². The molecule has 0 amide bonds. The van der Waals surface area contributed by atoms with E-state index in [4.69, 9.17) is 16.3 Å². The number of thiophene rings is 1. The average Bonchev–Trinajstić information content (AvgIpc) is 2.57. The summed E-state index contributed by atoms with van der Waals surface area (Å²) >= 11 is 7.22. The van der Waals surface area contributed by atoms with E-state index in [-0.39, 0.29) is 0 Å². The van der Waals surface area contributed by atoms with Gasteiger partial charge in [0.15, 0.2) is 0 Å². The Balaban J connectivity index is 2.19. The highest BCUT2D eigenvalue weighted by molar-refractivity contribution is 7.08. The molecule has 0 N–H and O–H groups in total. The van der Waals surface area contributed by atoms with Gasteiger partial charge in [0.1, 0.15) is 17.2 Å². The zero-order chi connectivity index (χ0) is 9.10. The molecule has 0 atom stereocenters. The summed E-state index contributed by atoms with van der Waals surface area (Å²) in [6.07, 6.45) is 1.37. The largest absolute Gasteiger partial charge is 0.438 e. The predicted molar refractivity (Wildman–Crippen MR) is 51.4 cm³/mol. The van der Waals surface area contributed by atoms with E-state index in [0.29, 0.717) is 11.0 Å². The number of aromatic nitrogens is 2. The zero-order valence-electron chi connectivity index (χ0n) is 6.48. The van der Waals surface area contributed by atoms with Crippen LogP contribution in [0.4, 0.5) is 0 Å². The van der Waals surface area contributed by atoms with Crippen LogP contribution in [0.1, 0.15) is 0 Å². The Labute approximate surface area is 84.0 Å². The van der Waals surface area contributed by atoms with Crippen LogP contribution in [-0.2, 0) is 0 Å². The Bertz CT molecular complexity index is 391. The lowest BCUT2D eigenvalue weighted by atomic mass is 10.6.